The molecule has 0 spiro atoms. The third-order valence-corrected chi connectivity index (χ3v) is 2.74. The lowest BCUT2D eigenvalue weighted by molar-refractivity contribution is -0.128. The Kier molecular flexibility index (Phi) is 5.05. The van der Waals surface area contributed by atoms with Crippen LogP contribution in [-0.4, -0.2) is 37.7 Å². The molecule has 88 valence electrons. The second-order valence-corrected chi connectivity index (χ2v) is 4.47. The summed E-state index contributed by atoms with van der Waals surface area (Å²) < 4.78 is 5.24. The second-order valence-electron chi connectivity index (χ2n) is 4.47. The van der Waals surface area contributed by atoms with Crippen molar-refractivity contribution in [2.45, 2.75) is 39.3 Å². The summed E-state index contributed by atoms with van der Waals surface area (Å²) in [7, 11) is 0. The number of hydrogen-bond acceptors (Lipinski definition) is 3. The molecule has 1 amide bonds. The molecule has 1 saturated heterocycles. The molecule has 1 rings (SSSR count). The molecule has 1 aliphatic heterocycles. The van der Waals surface area contributed by atoms with Crippen molar-refractivity contribution in [3.8, 4) is 0 Å². The predicted octanol–water partition coefficient (Wildman–Crippen LogP) is 0.526. The summed E-state index contributed by atoms with van der Waals surface area (Å²) in [5.74, 6) is 0.552. The van der Waals surface area contributed by atoms with Gasteiger partial charge in [-0.3, -0.25) is 4.79 Å². The molecular formula is C11H22N2O2. The molecule has 0 saturated carbocycles. The van der Waals surface area contributed by atoms with E-state index in [2.05, 4.69) is 17.6 Å². The van der Waals surface area contributed by atoms with Gasteiger partial charge in [-0.15, -0.1) is 0 Å². The smallest absolute Gasteiger partial charge is 0.246 e. The molecule has 0 aromatic heterocycles. The maximum atomic E-state index is 11.5. The fourth-order valence-corrected chi connectivity index (χ4v) is 1.76. The largest absolute Gasteiger partial charge is 0.369 e. The van der Waals surface area contributed by atoms with Crippen LogP contribution in [0.4, 0.5) is 0 Å². The molecule has 0 bridgehead atoms. The van der Waals surface area contributed by atoms with Gasteiger partial charge in [-0.2, -0.15) is 0 Å². The van der Waals surface area contributed by atoms with Crippen LogP contribution in [0.15, 0.2) is 0 Å². The fraction of sp³-hybridized carbons (Fsp3) is 0.909. The van der Waals surface area contributed by atoms with Gasteiger partial charge < -0.3 is 15.4 Å². The third kappa shape index (κ3) is 4.62. The molecule has 2 N–H and O–H groups in total. The van der Waals surface area contributed by atoms with Crippen molar-refractivity contribution in [1.82, 2.24) is 10.6 Å². The van der Waals surface area contributed by atoms with Crippen LogP contribution in [0.2, 0.25) is 0 Å². The Labute approximate surface area is 91.8 Å². The van der Waals surface area contributed by atoms with Crippen LogP contribution in [-0.2, 0) is 9.53 Å². The molecule has 4 heteroatoms. The molecule has 1 aliphatic rings. The minimum absolute atomic E-state index is 0.0110. The number of rotatable bonds is 5. The topological polar surface area (TPSA) is 50.4 Å². The Morgan fingerprint density at radius 1 is 1.53 bits per heavy atom. The standard InChI is InChI=1S/C11H22N2O2/c1-8(2)15-7-11(14)13-9(3)10-4-5-12-6-10/h8-10,12H,4-7H2,1-3H3,(H,13,14). The zero-order valence-corrected chi connectivity index (χ0v) is 9.88. The molecule has 15 heavy (non-hydrogen) atoms. The molecule has 1 heterocycles. The number of carbonyl (C=O) groups is 1. The van der Waals surface area contributed by atoms with E-state index >= 15 is 0 Å². The minimum Gasteiger partial charge on any atom is -0.369 e. The van der Waals surface area contributed by atoms with Crippen molar-refractivity contribution in [2.75, 3.05) is 19.7 Å². The van der Waals surface area contributed by atoms with Crippen molar-refractivity contribution in [2.24, 2.45) is 5.92 Å². The normalized spacial score (nSPS) is 23.1. The maximum absolute atomic E-state index is 11.5. The van der Waals surface area contributed by atoms with Crippen molar-refractivity contribution in [3.05, 3.63) is 0 Å². The maximum Gasteiger partial charge on any atom is 0.246 e. The number of amides is 1. The Morgan fingerprint density at radius 2 is 2.27 bits per heavy atom. The molecule has 1 fully saturated rings. The highest BCUT2D eigenvalue weighted by molar-refractivity contribution is 5.77. The van der Waals surface area contributed by atoms with E-state index < -0.39 is 0 Å². The van der Waals surface area contributed by atoms with Crippen LogP contribution in [0.3, 0.4) is 0 Å². The Balaban J connectivity index is 2.18. The van der Waals surface area contributed by atoms with Gasteiger partial charge in [0, 0.05) is 6.04 Å². The first-order valence-corrected chi connectivity index (χ1v) is 5.71. The van der Waals surface area contributed by atoms with Crippen molar-refractivity contribution >= 4 is 5.91 Å². The average molecular weight is 214 g/mol. The number of hydrogen-bond donors (Lipinski definition) is 2. The first kappa shape index (κ1) is 12.5. The van der Waals surface area contributed by atoms with E-state index in [9.17, 15) is 4.79 Å². The Bertz CT molecular complexity index is 201. The summed E-state index contributed by atoms with van der Waals surface area (Å²) in [6, 6.07) is 0.239. The summed E-state index contributed by atoms with van der Waals surface area (Å²) in [6.45, 7) is 8.15. The van der Waals surface area contributed by atoms with Crippen molar-refractivity contribution in [3.63, 3.8) is 0 Å². The van der Waals surface area contributed by atoms with Gasteiger partial charge in [0.2, 0.25) is 5.91 Å². The highest BCUT2D eigenvalue weighted by Crippen LogP contribution is 2.11. The summed E-state index contributed by atoms with van der Waals surface area (Å²) in [5.41, 5.74) is 0. The lowest BCUT2D eigenvalue weighted by Gasteiger charge is -2.20. The van der Waals surface area contributed by atoms with Crippen LogP contribution < -0.4 is 10.6 Å². The number of carbonyl (C=O) groups excluding carboxylic acids is 1. The quantitative estimate of drug-likeness (QED) is 0.701. The van der Waals surface area contributed by atoms with Gasteiger partial charge in [0.1, 0.15) is 6.61 Å². The van der Waals surface area contributed by atoms with Crippen LogP contribution in [0.1, 0.15) is 27.2 Å². The van der Waals surface area contributed by atoms with Gasteiger partial charge in [0.05, 0.1) is 6.10 Å². The summed E-state index contributed by atoms with van der Waals surface area (Å²) >= 11 is 0. The van der Waals surface area contributed by atoms with Gasteiger partial charge in [0.15, 0.2) is 0 Å². The SMILES string of the molecule is CC(C)OCC(=O)NC(C)C1CCNC1. The fourth-order valence-electron chi connectivity index (χ4n) is 1.76. The molecule has 2 unspecified atom stereocenters. The molecule has 0 aliphatic carbocycles. The van der Waals surface area contributed by atoms with Crippen LogP contribution in [0.5, 0.6) is 0 Å². The van der Waals surface area contributed by atoms with E-state index in [0.717, 1.165) is 19.5 Å². The molecule has 4 nitrogen and oxygen atoms in total. The van der Waals surface area contributed by atoms with Crippen molar-refractivity contribution < 1.29 is 9.53 Å². The van der Waals surface area contributed by atoms with E-state index in [0.29, 0.717) is 5.92 Å². The van der Waals surface area contributed by atoms with Crippen LogP contribution in [0.25, 0.3) is 0 Å². The lowest BCUT2D eigenvalue weighted by atomic mass is 10.0. The first-order chi connectivity index (χ1) is 7.09. The zero-order valence-electron chi connectivity index (χ0n) is 9.88. The van der Waals surface area contributed by atoms with Crippen LogP contribution >= 0.6 is 0 Å². The average Bonchev–Trinajstić information content (AvgIpc) is 2.67. The van der Waals surface area contributed by atoms with E-state index in [-0.39, 0.29) is 24.7 Å². The van der Waals surface area contributed by atoms with E-state index in [1.54, 1.807) is 0 Å². The predicted molar refractivity (Wildman–Crippen MR) is 59.7 cm³/mol. The molecule has 0 aromatic rings. The van der Waals surface area contributed by atoms with Gasteiger partial charge in [0.25, 0.3) is 0 Å². The van der Waals surface area contributed by atoms with Gasteiger partial charge >= 0.3 is 0 Å². The second kappa shape index (κ2) is 6.08. The van der Waals surface area contributed by atoms with E-state index in [1.165, 1.54) is 0 Å². The summed E-state index contributed by atoms with van der Waals surface area (Å²) in [5, 5.41) is 6.27. The third-order valence-electron chi connectivity index (χ3n) is 2.74. The monoisotopic (exact) mass is 214 g/mol. The van der Waals surface area contributed by atoms with Crippen molar-refractivity contribution in [1.29, 1.82) is 0 Å². The summed E-state index contributed by atoms with van der Waals surface area (Å²) in [6.07, 6.45) is 1.26. The van der Waals surface area contributed by atoms with E-state index in [4.69, 9.17) is 4.74 Å². The summed E-state index contributed by atoms with van der Waals surface area (Å²) in [4.78, 5) is 11.5. The highest BCUT2D eigenvalue weighted by atomic mass is 16.5. The van der Waals surface area contributed by atoms with Gasteiger partial charge in [-0.05, 0) is 46.2 Å². The van der Waals surface area contributed by atoms with Gasteiger partial charge in [-0.25, -0.2) is 0 Å². The number of ether oxygens (including phenoxy) is 1. The Morgan fingerprint density at radius 3 is 2.80 bits per heavy atom. The Hall–Kier alpha value is -0.610. The minimum atomic E-state index is -0.0110. The first-order valence-electron chi connectivity index (χ1n) is 5.71. The highest BCUT2D eigenvalue weighted by Gasteiger charge is 2.22. The zero-order chi connectivity index (χ0) is 11.3. The van der Waals surface area contributed by atoms with E-state index in [1.807, 2.05) is 13.8 Å². The molecule has 0 radical (unpaired) electrons. The molecule has 0 aromatic carbocycles. The van der Waals surface area contributed by atoms with Gasteiger partial charge in [-0.1, -0.05) is 0 Å². The lowest BCUT2D eigenvalue weighted by Crippen LogP contribution is -2.41. The van der Waals surface area contributed by atoms with Crippen LogP contribution in [0, 0.1) is 5.92 Å². The molecule has 2 atom stereocenters. The number of nitrogens with one attached hydrogen (secondary N) is 2. The molecular weight excluding hydrogens is 192 g/mol.